The van der Waals surface area contributed by atoms with Crippen molar-refractivity contribution in [2.75, 3.05) is 20.1 Å². The van der Waals surface area contributed by atoms with E-state index in [9.17, 15) is 0 Å². The van der Waals surface area contributed by atoms with E-state index < -0.39 is 0 Å². The Bertz CT molecular complexity index is 391. The van der Waals surface area contributed by atoms with Gasteiger partial charge in [-0.3, -0.25) is 0 Å². The molecular weight excluding hydrogens is 256 g/mol. The third-order valence-electron chi connectivity index (χ3n) is 4.56. The van der Waals surface area contributed by atoms with E-state index in [2.05, 4.69) is 76.1 Å². The van der Waals surface area contributed by atoms with Gasteiger partial charge in [0.15, 0.2) is 0 Å². The minimum Gasteiger partial charge on any atom is -0.314 e. The number of nitrogens with one attached hydrogen (secondary N) is 1. The summed E-state index contributed by atoms with van der Waals surface area (Å²) in [5.41, 5.74) is 3.11. The van der Waals surface area contributed by atoms with Crippen molar-refractivity contribution in [3.63, 3.8) is 0 Å². The highest BCUT2D eigenvalue weighted by Crippen LogP contribution is 2.27. The molecule has 21 heavy (non-hydrogen) atoms. The number of hydrogen-bond acceptors (Lipinski definition) is 2. The van der Waals surface area contributed by atoms with Crippen molar-refractivity contribution in [2.24, 2.45) is 5.41 Å². The maximum atomic E-state index is 3.64. The fourth-order valence-electron chi connectivity index (χ4n) is 2.83. The predicted molar refractivity (Wildman–Crippen MR) is 93.7 cm³/mol. The van der Waals surface area contributed by atoms with Gasteiger partial charge in [-0.05, 0) is 37.8 Å². The van der Waals surface area contributed by atoms with Gasteiger partial charge in [0.25, 0.3) is 0 Å². The second-order valence-corrected chi connectivity index (χ2v) is 6.90. The normalized spacial score (nSPS) is 12.4. The average molecular weight is 290 g/mol. The highest BCUT2D eigenvalue weighted by atomic mass is 15.1. The van der Waals surface area contributed by atoms with Gasteiger partial charge in [0, 0.05) is 25.7 Å². The Morgan fingerprint density at radius 2 is 1.67 bits per heavy atom. The first-order valence-electron chi connectivity index (χ1n) is 8.38. The van der Waals surface area contributed by atoms with E-state index in [0.717, 1.165) is 19.6 Å². The van der Waals surface area contributed by atoms with E-state index in [1.807, 2.05) is 0 Å². The van der Waals surface area contributed by atoms with Crippen LogP contribution in [0.2, 0.25) is 0 Å². The molecule has 0 bridgehead atoms. The van der Waals surface area contributed by atoms with Crippen molar-refractivity contribution in [2.45, 2.75) is 60.0 Å². The van der Waals surface area contributed by atoms with Crippen LogP contribution < -0.4 is 5.32 Å². The van der Waals surface area contributed by atoms with Gasteiger partial charge in [-0.15, -0.1) is 0 Å². The van der Waals surface area contributed by atoms with Crippen molar-refractivity contribution in [1.29, 1.82) is 0 Å². The second-order valence-electron chi connectivity index (χ2n) is 6.90. The Labute approximate surface area is 131 Å². The molecule has 0 amide bonds. The van der Waals surface area contributed by atoms with Crippen molar-refractivity contribution < 1.29 is 0 Å². The SMILES string of the molecule is CCC(CC)(CNC(C)C)CN(C)Cc1ccc(C)cc1. The summed E-state index contributed by atoms with van der Waals surface area (Å²) >= 11 is 0. The van der Waals surface area contributed by atoms with Crippen LogP contribution in [0.25, 0.3) is 0 Å². The number of rotatable bonds is 9. The lowest BCUT2D eigenvalue weighted by Gasteiger charge is -2.37. The molecule has 1 N–H and O–H groups in total. The lowest BCUT2D eigenvalue weighted by Crippen LogP contribution is -2.44. The first kappa shape index (κ1) is 18.2. The molecule has 0 saturated carbocycles. The summed E-state index contributed by atoms with van der Waals surface area (Å²) in [5.74, 6) is 0. The molecule has 0 spiro atoms. The standard InChI is InChI=1S/C19H34N2/c1-7-19(8-2,14-20-16(3)4)15-21(6)13-18-11-9-17(5)10-12-18/h9-12,16,20H,7-8,13-15H2,1-6H3. The summed E-state index contributed by atoms with van der Waals surface area (Å²) in [5, 5.41) is 3.64. The van der Waals surface area contributed by atoms with E-state index >= 15 is 0 Å². The van der Waals surface area contributed by atoms with E-state index in [4.69, 9.17) is 0 Å². The van der Waals surface area contributed by atoms with Gasteiger partial charge in [-0.1, -0.05) is 57.5 Å². The molecule has 0 aliphatic heterocycles. The second kappa shape index (κ2) is 8.55. The Hall–Kier alpha value is -0.860. The molecule has 0 heterocycles. The summed E-state index contributed by atoms with van der Waals surface area (Å²) in [6.07, 6.45) is 2.45. The first-order valence-corrected chi connectivity index (χ1v) is 8.38. The summed E-state index contributed by atoms with van der Waals surface area (Å²) in [4.78, 5) is 2.47. The molecule has 0 atom stereocenters. The van der Waals surface area contributed by atoms with Crippen LogP contribution in [-0.2, 0) is 6.54 Å². The van der Waals surface area contributed by atoms with Crippen LogP contribution in [0.4, 0.5) is 0 Å². The monoisotopic (exact) mass is 290 g/mol. The maximum absolute atomic E-state index is 3.64. The number of aryl methyl sites for hydroxylation is 1. The smallest absolute Gasteiger partial charge is 0.0230 e. The molecule has 2 heteroatoms. The average Bonchev–Trinajstić information content (AvgIpc) is 2.46. The van der Waals surface area contributed by atoms with Gasteiger partial charge in [0.2, 0.25) is 0 Å². The zero-order valence-electron chi connectivity index (χ0n) is 14.9. The zero-order chi connectivity index (χ0) is 15.9. The molecule has 120 valence electrons. The number of hydrogen-bond donors (Lipinski definition) is 1. The van der Waals surface area contributed by atoms with Crippen LogP contribution in [0.5, 0.6) is 0 Å². The van der Waals surface area contributed by atoms with Gasteiger partial charge in [0.1, 0.15) is 0 Å². The van der Waals surface area contributed by atoms with Gasteiger partial charge in [0.05, 0.1) is 0 Å². The largest absolute Gasteiger partial charge is 0.314 e. The van der Waals surface area contributed by atoms with Crippen LogP contribution in [0.15, 0.2) is 24.3 Å². The molecule has 0 aliphatic rings. The third-order valence-corrected chi connectivity index (χ3v) is 4.56. The molecule has 2 nitrogen and oxygen atoms in total. The third kappa shape index (κ3) is 6.19. The molecule has 0 saturated heterocycles. The van der Waals surface area contributed by atoms with Gasteiger partial charge in [-0.2, -0.15) is 0 Å². The van der Waals surface area contributed by atoms with Gasteiger partial charge >= 0.3 is 0 Å². The maximum Gasteiger partial charge on any atom is 0.0230 e. The Morgan fingerprint density at radius 3 is 2.14 bits per heavy atom. The molecule has 0 radical (unpaired) electrons. The van der Waals surface area contributed by atoms with E-state index in [-0.39, 0.29) is 0 Å². The minimum absolute atomic E-state index is 0.379. The molecule has 1 aromatic rings. The molecule has 1 rings (SSSR count). The molecule has 0 fully saturated rings. The molecule has 0 unspecified atom stereocenters. The summed E-state index contributed by atoms with van der Waals surface area (Å²) < 4.78 is 0. The summed E-state index contributed by atoms with van der Waals surface area (Å²) in [6, 6.07) is 9.47. The Balaban J connectivity index is 2.62. The van der Waals surface area contributed by atoms with E-state index in [1.165, 1.54) is 24.0 Å². The van der Waals surface area contributed by atoms with E-state index in [0.29, 0.717) is 11.5 Å². The zero-order valence-corrected chi connectivity index (χ0v) is 14.9. The number of benzene rings is 1. The lowest BCUT2D eigenvalue weighted by molar-refractivity contribution is 0.148. The number of nitrogens with zero attached hydrogens (tertiary/aromatic N) is 1. The van der Waals surface area contributed by atoms with Crippen molar-refractivity contribution in [3.8, 4) is 0 Å². The van der Waals surface area contributed by atoms with Crippen molar-refractivity contribution >= 4 is 0 Å². The molecule has 0 aromatic heterocycles. The summed E-state index contributed by atoms with van der Waals surface area (Å²) in [7, 11) is 2.25. The minimum atomic E-state index is 0.379. The quantitative estimate of drug-likeness (QED) is 0.732. The van der Waals surface area contributed by atoms with Crippen molar-refractivity contribution in [1.82, 2.24) is 10.2 Å². The topological polar surface area (TPSA) is 15.3 Å². The van der Waals surface area contributed by atoms with Crippen molar-refractivity contribution in [3.05, 3.63) is 35.4 Å². The highest BCUT2D eigenvalue weighted by molar-refractivity contribution is 5.21. The van der Waals surface area contributed by atoms with Crippen LogP contribution in [0.1, 0.15) is 51.7 Å². The van der Waals surface area contributed by atoms with Gasteiger partial charge in [-0.25, -0.2) is 0 Å². The fourth-order valence-corrected chi connectivity index (χ4v) is 2.83. The van der Waals surface area contributed by atoms with E-state index in [1.54, 1.807) is 0 Å². The molecular formula is C19H34N2. The van der Waals surface area contributed by atoms with Crippen LogP contribution in [0.3, 0.4) is 0 Å². The van der Waals surface area contributed by atoms with Crippen LogP contribution >= 0.6 is 0 Å². The predicted octanol–water partition coefficient (Wildman–Crippen LogP) is 4.23. The van der Waals surface area contributed by atoms with Crippen LogP contribution in [-0.4, -0.2) is 31.1 Å². The summed E-state index contributed by atoms with van der Waals surface area (Å²) in [6.45, 7) is 14.5. The lowest BCUT2D eigenvalue weighted by atomic mass is 9.81. The van der Waals surface area contributed by atoms with Crippen LogP contribution in [0, 0.1) is 12.3 Å². The molecule has 0 aliphatic carbocycles. The first-order chi connectivity index (χ1) is 9.90. The highest BCUT2D eigenvalue weighted by Gasteiger charge is 2.27. The Morgan fingerprint density at radius 1 is 1.10 bits per heavy atom. The fraction of sp³-hybridized carbons (Fsp3) is 0.684. The van der Waals surface area contributed by atoms with Gasteiger partial charge < -0.3 is 10.2 Å². The molecule has 1 aromatic carbocycles. The Kier molecular flexibility index (Phi) is 7.41.